The monoisotopic (exact) mass is 530 g/mol. The first-order chi connectivity index (χ1) is 17.9. The lowest BCUT2D eigenvalue weighted by Crippen LogP contribution is -2.49. The minimum Gasteiger partial charge on any atom is -0.395 e. The van der Waals surface area contributed by atoms with Crippen LogP contribution in [0.2, 0.25) is 0 Å². The molecule has 0 fully saturated rings. The van der Waals surface area contributed by atoms with Crippen molar-refractivity contribution in [3.05, 3.63) is 82.0 Å². The summed E-state index contributed by atoms with van der Waals surface area (Å²) in [5, 5.41) is 3.85. The van der Waals surface area contributed by atoms with Gasteiger partial charge in [-0.15, -0.1) is 0 Å². The van der Waals surface area contributed by atoms with E-state index in [9.17, 15) is 14.4 Å². The number of anilines is 2. The molecule has 0 aliphatic carbocycles. The molecule has 0 saturated carbocycles. The topological polar surface area (TPSA) is 144 Å². The fourth-order valence-corrected chi connectivity index (χ4v) is 4.95. The summed E-state index contributed by atoms with van der Waals surface area (Å²) in [5.41, 5.74) is 14.3. The molecule has 9 nitrogen and oxygen atoms in total. The van der Waals surface area contributed by atoms with Crippen molar-refractivity contribution < 1.29 is 14.4 Å². The van der Waals surface area contributed by atoms with Crippen molar-refractivity contribution in [2.24, 2.45) is 5.73 Å². The Hall–Kier alpha value is -4.31. The molecule has 4 rings (SSSR count). The standard InChI is InChI=1S/C28H30N6O3S/c1-15-8-9-16(2)20(13-15)34(27(37)24-21(29)22(25(30)35)33-38-24)23(26(36)32-28(3,4)5)18-10-11-19-17(14-18)7-6-12-31-19/h6-14,23H,29H2,1-5H3,(H2,30,35)(H,32,36). The maximum atomic E-state index is 14.3. The number of benzene rings is 2. The molecule has 5 N–H and O–H groups in total. The Morgan fingerprint density at radius 3 is 2.45 bits per heavy atom. The van der Waals surface area contributed by atoms with Gasteiger partial charge < -0.3 is 16.8 Å². The third-order valence-electron chi connectivity index (χ3n) is 5.95. The molecule has 3 amide bonds. The molecular formula is C28H30N6O3S. The molecule has 196 valence electrons. The molecule has 2 aromatic carbocycles. The second-order valence-corrected chi connectivity index (χ2v) is 11.0. The van der Waals surface area contributed by atoms with Crippen LogP contribution in [0.4, 0.5) is 11.4 Å². The number of nitrogens with zero attached hydrogens (tertiary/aromatic N) is 3. The molecule has 1 unspecified atom stereocenters. The number of aryl methyl sites for hydroxylation is 2. The highest BCUT2D eigenvalue weighted by Gasteiger charge is 2.38. The predicted molar refractivity (Wildman–Crippen MR) is 150 cm³/mol. The normalized spacial score (nSPS) is 12.2. The maximum Gasteiger partial charge on any atom is 0.273 e. The third kappa shape index (κ3) is 5.35. The quantitative estimate of drug-likeness (QED) is 0.339. The number of carbonyl (C=O) groups is 3. The van der Waals surface area contributed by atoms with Crippen LogP contribution < -0.4 is 21.7 Å². The summed E-state index contributed by atoms with van der Waals surface area (Å²) in [5.74, 6) is -1.78. The van der Waals surface area contributed by atoms with Crippen LogP contribution >= 0.6 is 11.5 Å². The SMILES string of the molecule is Cc1ccc(C)c(N(C(=O)c2snc(C(N)=O)c2N)C(C(=O)NC(C)(C)C)c2ccc3ncccc3c2)c1. The van der Waals surface area contributed by atoms with Gasteiger partial charge in [0.25, 0.3) is 11.8 Å². The highest BCUT2D eigenvalue weighted by Crippen LogP contribution is 2.36. The highest BCUT2D eigenvalue weighted by molar-refractivity contribution is 7.09. The zero-order valence-electron chi connectivity index (χ0n) is 21.9. The number of aromatic nitrogens is 2. The van der Waals surface area contributed by atoms with Crippen molar-refractivity contribution in [1.29, 1.82) is 0 Å². The van der Waals surface area contributed by atoms with E-state index < -0.39 is 23.4 Å². The lowest BCUT2D eigenvalue weighted by atomic mass is 9.97. The number of amides is 3. The van der Waals surface area contributed by atoms with Crippen LogP contribution in [0.5, 0.6) is 0 Å². The Kier molecular flexibility index (Phi) is 7.19. The van der Waals surface area contributed by atoms with Gasteiger partial charge in [-0.05, 0) is 87.1 Å². The Morgan fingerprint density at radius 1 is 1.05 bits per heavy atom. The predicted octanol–water partition coefficient (Wildman–Crippen LogP) is 4.29. The van der Waals surface area contributed by atoms with Crippen molar-refractivity contribution in [3.8, 4) is 0 Å². The van der Waals surface area contributed by atoms with Crippen molar-refractivity contribution >= 4 is 51.5 Å². The minimum absolute atomic E-state index is 0.0238. The van der Waals surface area contributed by atoms with Gasteiger partial charge in [0, 0.05) is 22.8 Å². The summed E-state index contributed by atoms with van der Waals surface area (Å²) in [7, 11) is 0. The van der Waals surface area contributed by atoms with Gasteiger partial charge >= 0.3 is 0 Å². The van der Waals surface area contributed by atoms with E-state index >= 15 is 0 Å². The number of hydrogen-bond donors (Lipinski definition) is 3. The Bertz CT molecular complexity index is 1560. The van der Waals surface area contributed by atoms with E-state index in [1.54, 1.807) is 12.3 Å². The number of nitrogen functional groups attached to an aromatic ring is 1. The van der Waals surface area contributed by atoms with Gasteiger partial charge in [0.1, 0.15) is 10.9 Å². The van der Waals surface area contributed by atoms with Gasteiger partial charge in [0.2, 0.25) is 5.91 Å². The number of nitrogens with one attached hydrogen (secondary N) is 1. The lowest BCUT2D eigenvalue weighted by Gasteiger charge is -2.34. The summed E-state index contributed by atoms with van der Waals surface area (Å²) in [4.78, 5) is 46.0. The fourth-order valence-electron chi connectivity index (χ4n) is 4.20. The van der Waals surface area contributed by atoms with Crippen LogP contribution in [-0.2, 0) is 4.79 Å². The van der Waals surface area contributed by atoms with Crippen molar-refractivity contribution in [3.63, 3.8) is 0 Å². The van der Waals surface area contributed by atoms with Crippen LogP contribution in [0.1, 0.15) is 63.7 Å². The largest absolute Gasteiger partial charge is 0.395 e. The molecule has 0 aliphatic heterocycles. The molecule has 0 saturated heterocycles. The molecule has 10 heteroatoms. The molecule has 38 heavy (non-hydrogen) atoms. The number of hydrogen-bond acceptors (Lipinski definition) is 7. The van der Waals surface area contributed by atoms with Crippen LogP contribution in [0.15, 0.2) is 54.7 Å². The van der Waals surface area contributed by atoms with E-state index in [-0.39, 0.29) is 22.2 Å². The Balaban J connectivity index is 1.99. The van der Waals surface area contributed by atoms with E-state index in [0.717, 1.165) is 33.6 Å². The van der Waals surface area contributed by atoms with E-state index in [1.165, 1.54) is 4.90 Å². The summed E-state index contributed by atoms with van der Waals surface area (Å²) in [6.45, 7) is 9.39. The lowest BCUT2D eigenvalue weighted by molar-refractivity contribution is -0.123. The van der Waals surface area contributed by atoms with Gasteiger partial charge in [-0.25, -0.2) is 0 Å². The molecule has 1 atom stereocenters. The molecule has 0 spiro atoms. The molecular weight excluding hydrogens is 500 g/mol. The summed E-state index contributed by atoms with van der Waals surface area (Å²) in [6, 6.07) is 13.8. The number of pyridine rings is 1. The number of nitrogens with two attached hydrogens (primary N) is 2. The highest BCUT2D eigenvalue weighted by atomic mass is 32.1. The molecule has 4 aromatic rings. The first-order valence-electron chi connectivity index (χ1n) is 12.0. The number of fused-ring (bicyclic) bond motifs is 1. The van der Waals surface area contributed by atoms with Crippen molar-refractivity contribution in [1.82, 2.24) is 14.7 Å². The Morgan fingerprint density at radius 2 is 1.79 bits per heavy atom. The molecule has 0 radical (unpaired) electrons. The van der Waals surface area contributed by atoms with Crippen LogP contribution in [-0.4, -0.2) is 32.6 Å². The van der Waals surface area contributed by atoms with Gasteiger partial charge in [0.05, 0.1) is 11.2 Å². The van der Waals surface area contributed by atoms with Gasteiger partial charge in [-0.2, -0.15) is 4.37 Å². The van der Waals surface area contributed by atoms with Gasteiger partial charge in [0.15, 0.2) is 5.69 Å². The van der Waals surface area contributed by atoms with Gasteiger partial charge in [-0.1, -0.05) is 24.3 Å². The Labute approximate surface area is 225 Å². The van der Waals surface area contributed by atoms with Crippen LogP contribution in [0.25, 0.3) is 10.9 Å². The van der Waals surface area contributed by atoms with Crippen LogP contribution in [0.3, 0.4) is 0 Å². The second-order valence-electron chi connectivity index (χ2n) is 10.2. The molecule has 2 heterocycles. The number of carbonyl (C=O) groups excluding carboxylic acids is 3. The van der Waals surface area contributed by atoms with E-state index in [4.69, 9.17) is 11.5 Å². The molecule has 0 aliphatic rings. The fraction of sp³-hybridized carbons (Fsp3) is 0.250. The summed E-state index contributed by atoms with van der Waals surface area (Å²) < 4.78 is 4.02. The van der Waals surface area contributed by atoms with E-state index in [1.807, 2.05) is 77.1 Å². The zero-order valence-corrected chi connectivity index (χ0v) is 22.7. The van der Waals surface area contributed by atoms with Gasteiger partial charge in [-0.3, -0.25) is 24.3 Å². The first-order valence-corrected chi connectivity index (χ1v) is 12.8. The van der Waals surface area contributed by atoms with Crippen molar-refractivity contribution in [2.45, 2.75) is 46.2 Å². The minimum atomic E-state index is -1.08. The smallest absolute Gasteiger partial charge is 0.273 e. The average molecular weight is 531 g/mol. The second kappa shape index (κ2) is 10.2. The number of primary amides is 1. The third-order valence-corrected chi connectivity index (χ3v) is 6.80. The average Bonchev–Trinajstić information content (AvgIpc) is 3.24. The van der Waals surface area contributed by atoms with E-state index in [2.05, 4.69) is 14.7 Å². The van der Waals surface area contributed by atoms with Crippen molar-refractivity contribution in [2.75, 3.05) is 10.6 Å². The molecule has 0 bridgehead atoms. The number of rotatable bonds is 6. The summed E-state index contributed by atoms with van der Waals surface area (Å²) >= 11 is 0.777. The van der Waals surface area contributed by atoms with Crippen LogP contribution in [0, 0.1) is 13.8 Å². The zero-order chi connectivity index (χ0) is 27.8. The maximum absolute atomic E-state index is 14.3. The van der Waals surface area contributed by atoms with E-state index in [0.29, 0.717) is 11.3 Å². The molecule has 2 aromatic heterocycles. The summed E-state index contributed by atoms with van der Waals surface area (Å²) in [6.07, 6.45) is 1.70. The first kappa shape index (κ1) is 26.7.